The van der Waals surface area contributed by atoms with Crippen LogP contribution in [-0.2, 0) is 4.74 Å². The van der Waals surface area contributed by atoms with Crippen molar-refractivity contribution in [1.29, 1.82) is 0 Å². The van der Waals surface area contributed by atoms with Gasteiger partial charge in [-0.05, 0) is 51.8 Å². The molecule has 0 aliphatic carbocycles. The lowest BCUT2D eigenvalue weighted by atomic mass is 9.75. The highest BCUT2D eigenvalue weighted by Gasteiger charge is 2.23. The Bertz CT molecular complexity index is 722. The lowest BCUT2D eigenvalue weighted by Crippen LogP contribution is -2.33. The van der Waals surface area contributed by atoms with Gasteiger partial charge in [-0.25, -0.2) is 9.78 Å². The van der Waals surface area contributed by atoms with E-state index in [2.05, 4.69) is 10.3 Å². The molecule has 1 amide bonds. The molecule has 0 radical (unpaired) electrons. The van der Waals surface area contributed by atoms with Crippen molar-refractivity contribution in [2.75, 3.05) is 5.32 Å². The van der Waals surface area contributed by atoms with Crippen molar-refractivity contribution in [3.05, 3.63) is 17.2 Å². The summed E-state index contributed by atoms with van der Waals surface area (Å²) < 4.78 is 5.96. The number of rotatable bonds is 2. The summed E-state index contributed by atoms with van der Waals surface area (Å²) in [6, 6.07) is 1.91. The van der Waals surface area contributed by atoms with Crippen molar-refractivity contribution in [2.24, 2.45) is 0 Å². The molecule has 1 aromatic heterocycles. The van der Waals surface area contributed by atoms with Gasteiger partial charge in [0.15, 0.2) is 5.13 Å². The second kappa shape index (κ2) is 5.87. The van der Waals surface area contributed by atoms with Crippen LogP contribution in [0.15, 0.2) is 6.07 Å². The number of fused-ring (bicyclic) bond motifs is 1. The molecule has 0 spiro atoms. The Labute approximate surface area is 133 Å². The molecule has 22 heavy (non-hydrogen) atoms. The van der Waals surface area contributed by atoms with Gasteiger partial charge in [0.25, 0.3) is 0 Å². The third-order valence-corrected chi connectivity index (χ3v) is 4.04. The van der Waals surface area contributed by atoms with E-state index in [9.17, 15) is 14.8 Å². The summed E-state index contributed by atoms with van der Waals surface area (Å²) in [5, 5.41) is 22.1. The highest BCUT2D eigenvalue weighted by Crippen LogP contribution is 2.27. The van der Waals surface area contributed by atoms with Crippen LogP contribution in [0.25, 0.3) is 10.2 Å². The molecule has 0 bridgehead atoms. The van der Waals surface area contributed by atoms with Crippen LogP contribution in [0.2, 0.25) is 0 Å². The minimum absolute atomic E-state index is 0.358. The van der Waals surface area contributed by atoms with Crippen LogP contribution in [0.5, 0.6) is 0 Å². The molecule has 2 rings (SSSR count). The van der Waals surface area contributed by atoms with Crippen molar-refractivity contribution in [2.45, 2.75) is 40.2 Å². The van der Waals surface area contributed by atoms with Gasteiger partial charge in [-0.3, -0.25) is 5.32 Å². The quantitative estimate of drug-likeness (QED) is 0.735. The largest absolute Gasteiger partial charge is 0.490 e. The van der Waals surface area contributed by atoms with E-state index in [0.717, 1.165) is 15.8 Å². The van der Waals surface area contributed by atoms with E-state index >= 15 is 0 Å². The lowest BCUT2D eigenvalue weighted by molar-refractivity contribution is 0.0636. The number of nitrogens with one attached hydrogen (secondary N) is 1. The molecule has 2 aromatic rings. The Morgan fingerprint density at radius 2 is 2.00 bits per heavy atom. The fourth-order valence-corrected chi connectivity index (χ4v) is 3.05. The van der Waals surface area contributed by atoms with Gasteiger partial charge in [-0.1, -0.05) is 11.3 Å². The fraction of sp³-hybridized carbons (Fsp3) is 0.429. The first kappa shape index (κ1) is 16.7. The molecule has 0 fully saturated rings. The Balaban J connectivity index is 2.39. The van der Waals surface area contributed by atoms with Crippen molar-refractivity contribution in [3.8, 4) is 0 Å². The average molecular weight is 322 g/mol. The summed E-state index contributed by atoms with van der Waals surface area (Å²) in [6.07, 6.45) is -0.592. The number of carbonyl (C=O) groups excluding carboxylic acids is 1. The van der Waals surface area contributed by atoms with Gasteiger partial charge in [-0.15, -0.1) is 0 Å². The van der Waals surface area contributed by atoms with Crippen molar-refractivity contribution >= 4 is 45.4 Å². The number of anilines is 1. The highest BCUT2D eigenvalue weighted by molar-refractivity contribution is 7.22. The minimum Gasteiger partial charge on any atom is -0.444 e. The number of nitrogens with zero attached hydrogens (tertiary/aromatic N) is 1. The zero-order valence-electron chi connectivity index (χ0n) is 13.2. The SMILES string of the molecule is Cc1cc2sc(NC(=O)OC(C)(C)C)nc2c(B(O)O)c1C. The summed E-state index contributed by atoms with van der Waals surface area (Å²) in [6.45, 7) is 9.03. The number of amides is 1. The van der Waals surface area contributed by atoms with Crippen molar-refractivity contribution in [1.82, 2.24) is 4.98 Å². The number of thiazole rings is 1. The van der Waals surface area contributed by atoms with Gasteiger partial charge in [-0.2, -0.15) is 0 Å². The van der Waals surface area contributed by atoms with Gasteiger partial charge in [0, 0.05) is 5.46 Å². The first-order valence-electron chi connectivity index (χ1n) is 6.85. The van der Waals surface area contributed by atoms with Crippen LogP contribution in [0.4, 0.5) is 9.93 Å². The molecule has 0 unspecified atom stereocenters. The number of aryl methyl sites for hydroxylation is 1. The Hall–Kier alpha value is -1.64. The van der Waals surface area contributed by atoms with E-state index in [1.807, 2.05) is 19.9 Å². The van der Waals surface area contributed by atoms with Crippen LogP contribution < -0.4 is 10.8 Å². The zero-order valence-corrected chi connectivity index (χ0v) is 14.0. The van der Waals surface area contributed by atoms with E-state index in [1.165, 1.54) is 11.3 Å². The van der Waals surface area contributed by atoms with Crippen LogP contribution in [0.3, 0.4) is 0 Å². The maximum absolute atomic E-state index is 11.8. The van der Waals surface area contributed by atoms with E-state index in [0.29, 0.717) is 16.1 Å². The fourth-order valence-electron chi connectivity index (χ4n) is 2.08. The topological polar surface area (TPSA) is 91.7 Å². The van der Waals surface area contributed by atoms with E-state index < -0.39 is 18.8 Å². The summed E-state index contributed by atoms with van der Waals surface area (Å²) in [5.74, 6) is 0. The average Bonchev–Trinajstić information content (AvgIpc) is 2.68. The summed E-state index contributed by atoms with van der Waals surface area (Å²) in [4.78, 5) is 16.1. The Kier molecular flexibility index (Phi) is 4.46. The molecule has 6 nitrogen and oxygen atoms in total. The van der Waals surface area contributed by atoms with Crippen molar-refractivity contribution < 1.29 is 19.6 Å². The molecule has 8 heteroatoms. The van der Waals surface area contributed by atoms with E-state index in [1.54, 1.807) is 20.8 Å². The zero-order chi connectivity index (χ0) is 16.7. The molecule has 1 heterocycles. The molecule has 118 valence electrons. The summed E-state index contributed by atoms with van der Waals surface area (Å²) in [7, 11) is -1.61. The molecule has 0 aliphatic rings. The molecular weight excluding hydrogens is 303 g/mol. The first-order valence-corrected chi connectivity index (χ1v) is 7.67. The number of benzene rings is 1. The Morgan fingerprint density at radius 1 is 1.36 bits per heavy atom. The van der Waals surface area contributed by atoms with Crippen LogP contribution in [-0.4, -0.2) is 33.8 Å². The number of hydrogen-bond acceptors (Lipinski definition) is 6. The third-order valence-electron chi connectivity index (χ3n) is 3.12. The maximum atomic E-state index is 11.8. The maximum Gasteiger partial charge on any atom is 0.490 e. The number of hydrogen-bond donors (Lipinski definition) is 3. The van der Waals surface area contributed by atoms with E-state index in [-0.39, 0.29) is 0 Å². The van der Waals surface area contributed by atoms with Crippen molar-refractivity contribution in [3.63, 3.8) is 0 Å². The number of ether oxygens (including phenoxy) is 1. The first-order chi connectivity index (χ1) is 10.1. The number of carbonyl (C=O) groups is 1. The minimum atomic E-state index is -1.61. The van der Waals surface area contributed by atoms with Gasteiger partial charge >= 0.3 is 13.2 Å². The second-order valence-corrected chi connectivity index (χ2v) is 7.13. The third kappa shape index (κ3) is 3.57. The molecule has 1 aromatic carbocycles. The second-order valence-electron chi connectivity index (χ2n) is 6.10. The molecule has 0 saturated heterocycles. The molecule has 0 aliphatic heterocycles. The predicted molar refractivity (Wildman–Crippen MR) is 88.8 cm³/mol. The normalized spacial score (nSPS) is 11.6. The summed E-state index contributed by atoms with van der Waals surface area (Å²) in [5.41, 5.74) is 1.96. The monoisotopic (exact) mass is 322 g/mol. The predicted octanol–water partition coefficient (Wildman–Crippen LogP) is 1.94. The standard InChI is InChI=1S/C14H19BN2O4S/c1-7-6-9-11(10(8(7)2)15(19)20)16-12(22-9)17-13(18)21-14(3,4)5/h6,19-20H,1-5H3,(H,16,17,18). The van der Waals surface area contributed by atoms with Gasteiger partial charge < -0.3 is 14.8 Å². The van der Waals surface area contributed by atoms with Crippen LogP contribution in [0.1, 0.15) is 31.9 Å². The van der Waals surface area contributed by atoms with Crippen LogP contribution in [0, 0.1) is 13.8 Å². The molecule has 0 saturated carbocycles. The van der Waals surface area contributed by atoms with Gasteiger partial charge in [0.1, 0.15) is 5.60 Å². The highest BCUT2D eigenvalue weighted by atomic mass is 32.1. The van der Waals surface area contributed by atoms with E-state index in [4.69, 9.17) is 4.74 Å². The van der Waals surface area contributed by atoms with Gasteiger partial charge in [0.05, 0.1) is 10.2 Å². The number of aromatic nitrogens is 1. The molecule has 3 N–H and O–H groups in total. The summed E-state index contributed by atoms with van der Waals surface area (Å²) >= 11 is 1.26. The Morgan fingerprint density at radius 3 is 2.55 bits per heavy atom. The smallest absolute Gasteiger partial charge is 0.444 e. The molecule has 0 atom stereocenters. The molecular formula is C14H19BN2O4S. The van der Waals surface area contributed by atoms with Crippen LogP contribution >= 0.6 is 11.3 Å². The lowest BCUT2D eigenvalue weighted by Gasteiger charge is -2.18. The van der Waals surface area contributed by atoms with Gasteiger partial charge in [0.2, 0.25) is 0 Å².